The van der Waals surface area contributed by atoms with E-state index in [2.05, 4.69) is 5.32 Å². The zero-order valence-electron chi connectivity index (χ0n) is 18.3. The van der Waals surface area contributed by atoms with E-state index in [1.54, 1.807) is 18.2 Å². The van der Waals surface area contributed by atoms with Crippen LogP contribution in [0.15, 0.2) is 47.4 Å². The van der Waals surface area contributed by atoms with E-state index in [0.29, 0.717) is 30.9 Å². The first-order valence-electron chi connectivity index (χ1n) is 10.6. The number of benzene rings is 2. The molecule has 0 spiro atoms. The maximum absolute atomic E-state index is 13.2. The van der Waals surface area contributed by atoms with Gasteiger partial charge in [-0.25, -0.2) is 8.42 Å². The van der Waals surface area contributed by atoms with Crippen molar-refractivity contribution < 1.29 is 22.7 Å². The third kappa shape index (κ3) is 5.57. The molecule has 8 heteroatoms. The standard InChI is InChI=1S/C23H30N2O5S/c1-4-20(30-19-10-8-9-17(2)15-19)23(26)24-18-11-12-21(29-3)22(16-18)31(27,28)25-13-6-5-7-14-25/h8-12,15-16,20H,4-7,13-14H2,1-3H3,(H,24,26)/t20-/m1/s1. The van der Waals surface area contributed by atoms with Crippen molar-refractivity contribution in [1.29, 1.82) is 0 Å². The van der Waals surface area contributed by atoms with E-state index in [1.165, 1.54) is 17.5 Å². The summed E-state index contributed by atoms with van der Waals surface area (Å²) in [5.41, 5.74) is 1.42. The fourth-order valence-electron chi connectivity index (χ4n) is 3.60. The molecule has 1 fully saturated rings. The topological polar surface area (TPSA) is 84.9 Å². The van der Waals surface area contributed by atoms with Gasteiger partial charge in [0, 0.05) is 18.8 Å². The molecule has 0 bridgehead atoms. The van der Waals surface area contributed by atoms with Gasteiger partial charge in [0.05, 0.1) is 7.11 Å². The quantitative estimate of drug-likeness (QED) is 0.663. The second-order valence-electron chi connectivity index (χ2n) is 7.65. The molecule has 31 heavy (non-hydrogen) atoms. The first-order chi connectivity index (χ1) is 14.8. The van der Waals surface area contributed by atoms with Crippen LogP contribution in [0.1, 0.15) is 38.2 Å². The van der Waals surface area contributed by atoms with Gasteiger partial charge < -0.3 is 14.8 Å². The lowest BCUT2D eigenvalue weighted by Gasteiger charge is -2.26. The predicted octanol–water partition coefficient (Wildman–Crippen LogP) is 3.97. The van der Waals surface area contributed by atoms with Crippen molar-refractivity contribution in [3.05, 3.63) is 48.0 Å². The number of carbonyl (C=O) groups excluding carboxylic acids is 1. The Morgan fingerprint density at radius 1 is 1.13 bits per heavy atom. The molecule has 0 saturated carbocycles. The van der Waals surface area contributed by atoms with Crippen LogP contribution in [0.3, 0.4) is 0 Å². The Bertz CT molecular complexity index is 1020. The van der Waals surface area contributed by atoms with Crippen molar-refractivity contribution in [2.75, 3.05) is 25.5 Å². The van der Waals surface area contributed by atoms with Crippen LogP contribution >= 0.6 is 0 Å². The molecule has 2 aromatic rings. The number of anilines is 1. The molecule has 0 aliphatic carbocycles. The minimum absolute atomic E-state index is 0.0577. The molecular weight excluding hydrogens is 416 g/mol. The molecule has 1 N–H and O–H groups in total. The molecule has 1 aliphatic heterocycles. The lowest BCUT2D eigenvalue weighted by molar-refractivity contribution is -0.122. The Balaban J connectivity index is 1.80. The molecule has 1 amide bonds. The number of sulfonamides is 1. The average Bonchev–Trinajstić information content (AvgIpc) is 2.78. The molecule has 0 radical (unpaired) electrons. The Morgan fingerprint density at radius 2 is 1.87 bits per heavy atom. The molecule has 0 unspecified atom stereocenters. The van der Waals surface area contributed by atoms with Crippen molar-refractivity contribution in [3.63, 3.8) is 0 Å². The van der Waals surface area contributed by atoms with Gasteiger partial charge in [0.25, 0.3) is 5.91 Å². The zero-order chi connectivity index (χ0) is 22.4. The van der Waals surface area contributed by atoms with Crippen LogP contribution in [0.5, 0.6) is 11.5 Å². The Kier molecular flexibility index (Phi) is 7.56. The summed E-state index contributed by atoms with van der Waals surface area (Å²) in [4.78, 5) is 12.9. The van der Waals surface area contributed by atoms with Gasteiger partial charge >= 0.3 is 0 Å². The van der Waals surface area contributed by atoms with Crippen LogP contribution in [-0.2, 0) is 14.8 Å². The van der Waals surface area contributed by atoms with Gasteiger partial charge in [-0.2, -0.15) is 4.31 Å². The number of nitrogens with one attached hydrogen (secondary N) is 1. The first-order valence-corrected chi connectivity index (χ1v) is 12.0. The van der Waals surface area contributed by atoms with E-state index in [-0.39, 0.29) is 16.6 Å². The van der Waals surface area contributed by atoms with Gasteiger partial charge in [-0.05, 0) is 62.1 Å². The fraction of sp³-hybridized carbons (Fsp3) is 0.435. The van der Waals surface area contributed by atoms with Gasteiger partial charge in [0.2, 0.25) is 10.0 Å². The number of hydrogen-bond donors (Lipinski definition) is 1. The van der Waals surface area contributed by atoms with Crippen LogP contribution in [0.4, 0.5) is 5.69 Å². The van der Waals surface area contributed by atoms with Gasteiger partial charge in [0.1, 0.15) is 16.4 Å². The van der Waals surface area contributed by atoms with Gasteiger partial charge in [0.15, 0.2) is 6.10 Å². The molecule has 0 aromatic heterocycles. The summed E-state index contributed by atoms with van der Waals surface area (Å²) in [5, 5.41) is 2.79. The SMILES string of the molecule is CC[C@@H](Oc1cccc(C)c1)C(=O)Nc1ccc(OC)c(S(=O)(=O)N2CCCCC2)c1. The molecule has 3 rings (SSSR count). The van der Waals surface area contributed by atoms with Gasteiger partial charge in [-0.1, -0.05) is 25.5 Å². The Labute approximate surface area is 184 Å². The minimum atomic E-state index is -3.72. The number of amides is 1. The highest BCUT2D eigenvalue weighted by atomic mass is 32.2. The number of ether oxygens (including phenoxy) is 2. The summed E-state index contributed by atoms with van der Waals surface area (Å²) in [6, 6.07) is 12.2. The summed E-state index contributed by atoms with van der Waals surface area (Å²) >= 11 is 0. The van der Waals surface area contributed by atoms with Crippen LogP contribution in [0, 0.1) is 6.92 Å². The number of hydrogen-bond acceptors (Lipinski definition) is 5. The van der Waals surface area contributed by atoms with Crippen molar-refractivity contribution in [3.8, 4) is 11.5 Å². The number of carbonyl (C=O) groups is 1. The highest BCUT2D eigenvalue weighted by Gasteiger charge is 2.29. The van der Waals surface area contributed by atoms with Crippen LogP contribution in [0.25, 0.3) is 0 Å². The molecular formula is C23H30N2O5S. The van der Waals surface area contributed by atoms with Crippen LogP contribution in [-0.4, -0.2) is 44.9 Å². The summed E-state index contributed by atoms with van der Waals surface area (Å²) in [5.74, 6) is 0.534. The van der Waals surface area contributed by atoms with Crippen molar-refractivity contribution in [2.45, 2.75) is 50.5 Å². The van der Waals surface area contributed by atoms with E-state index in [9.17, 15) is 13.2 Å². The molecule has 1 aliphatic rings. The summed E-state index contributed by atoms with van der Waals surface area (Å²) in [6.07, 6.45) is 2.47. The van der Waals surface area contributed by atoms with E-state index < -0.39 is 16.1 Å². The molecule has 2 aromatic carbocycles. The van der Waals surface area contributed by atoms with Crippen molar-refractivity contribution in [2.24, 2.45) is 0 Å². The second-order valence-corrected chi connectivity index (χ2v) is 9.56. The van der Waals surface area contributed by atoms with E-state index in [0.717, 1.165) is 24.8 Å². The third-order valence-electron chi connectivity index (χ3n) is 5.30. The highest BCUT2D eigenvalue weighted by molar-refractivity contribution is 7.89. The van der Waals surface area contributed by atoms with E-state index in [1.807, 2.05) is 32.0 Å². The first kappa shape index (κ1) is 23.1. The fourth-order valence-corrected chi connectivity index (χ4v) is 5.30. The number of nitrogens with zero attached hydrogens (tertiary/aromatic N) is 1. The van der Waals surface area contributed by atoms with Gasteiger partial charge in [-0.3, -0.25) is 4.79 Å². The third-order valence-corrected chi connectivity index (χ3v) is 7.21. The lowest BCUT2D eigenvalue weighted by atomic mass is 10.2. The summed E-state index contributed by atoms with van der Waals surface area (Å²) in [7, 11) is -2.28. The molecule has 7 nitrogen and oxygen atoms in total. The number of aryl methyl sites for hydroxylation is 1. The molecule has 1 atom stereocenters. The lowest BCUT2D eigenvalue weighted by Crippen LogP contribution is -2.36. The normalized spacial score (nSPS) is 15.8. The number of methoxy groups -OCH3 is 1. The molecule has 1 saturated heterocycles. The highest BCUT2D eigenvalue weighted by Crippen LogP contribution is 2.31. The number of piperidine rings is 1. The molecule has 168 valence electrons. The van der Waals surface area contributed by atoms with Crippen LogP contribution in [0.2, 0.25) is 0 Å². The van der Waals surface area contributed by atoms with Crippen molar-refractivity contribution >= 4 is 21.6 Å². The van der Waals surface area contributed by atoms with E-state index >= 15 is 0 Å². The minimum Gasteiger partial charge on any atom is -0.495 e. The number of rotatable bonds is 8. The van der Waals surface area contributed by atoms with Gasteiger partial charge in [-0.15, -0.1) is 0 Å². The largest absolute Gasteiger partial charge is 0.495 e. The smallest absolute Gasteiger partial charge is 0.265 e. The monoisotopic (exact) mass is 446 g/mol. The maximum atomic E-state index is 13.2. The predicted molar refractivity (Wildman–Crippen MR) is 120 cm³/mol. The van der Waals surface area contributed by atoms with E-state index in [4.69, 9.17) is 9.47 Å². The summed E-state index contributed by atoms with van der Waals surface area (Å²) in [6.45, 7) is 4.80. The second kappa shape index (κ2) is 10.2. The summed E-state index contributed by atoms with van der Waals surface area (Å²) < 4.78 is 39.0. The molecule has 1 heterocycles. The average molecular weight is 447 g/mol. The zero-order valence-corrected chi connectivity index (χ0v) is 19.1. The van der Waals surface area contributed by atoms with Crippen LogP contribution < -0.4 is 14.8 Å². The Morgan fingerprint density at radius 3 is 2.52 bits per heavy atom. The Hall–Kier alpha value is -2.58. The van der Waals surface area contributed by atoms with Crippen molar-refractivity contribution in [1.82, 2.24) is 4.31 Å². The maximum Gasteiger partial charge on any atom is 0.265 e.